The highest BCUT2D eigenvalue weighted by molar-refractivity contribution is 5.98. The minimum absolute atomic E-state index is 0.365. The number of hydrogen-bond donors (Lipinski definition) is 0. The molecule has 0 fully saturated rings. The molecule has 0 radical (unpaired) electrons. The number of benzene rings is 1. The lowest BCUT2D eigenvalue weighted by atomic mass is 10.6. The van der Waals surface area contributed by atoms with Crippen LogP contribution in [0.3, 0.4) is 0 Å². The Morgan fingerprint density at radius 3 is 2.20 bits per heavy atom. The molecule has 2 aliphatic carbocycles. The molecule has 2 aliphatic rings. The third-order valence-corrected chi connectivity index (χ3v) is 3.72. The third kappa shape index (κ3) is 1.50. The molecule has 0 amide bonds. The van der Waals surface area contributed by atoms with Crippen molar-refractivity contribution in [2.45, 2.75) is 44.9 Å². The zero-order chi connectivity index (χ0) is 10.3. The Labute approximate surface area is 90.5 Å². The van der Waals surface area contributed by atoms with Crippen molar-refractivity contribution in [3.63, 3.8) is 0 Å². The molecule has 1 aromatic rings. The molecule has 0 aliphatic heterocycles. The Balaban J connectivity index is 2.12. The van der Waals surface area contributed by atoms with Crippen LogP contribution in [-0.4, -0.2) is 5.78 Å². The molecule has 1 aromatic carbocycles. The van der Waals surface area contributed by atoms with Gasteiger partial charge in [0.25, 0.3) is 0 Å². The van der Waals surface area contributed by atoms with Crippen LogP contribution in [0.4, 0.5) is 0 Å². The summed E-state index contributed by atoms with van der Waals surface area (Å²) in [6, 6.07) is 4.49. The van der Waals surface area contributed by atoms with E-state index >= 15 is 0 Å². The van der Waals surface area contributed by atoms with Crippen molar-refractivity contribution in [2.24, 2.45) is 0 Å². The lowest BCUT2D eigenvalue weighted by Crippen LogP contribution is -2.14. The topological polar surface area (TPSA) is 17.1 Å². The molecule has 0 saturated heterocycles. The first-order valence-electron chi connectivity index (χ1n) is 6.02. The van der Waals surface area contributed by atoms with Crippen molar-refractivity contribution < 1.29 is 4.79 Å². The minimum atomic E-state index is 0.365. The van der Waals surface area contributed by atoms with Crippen molar-refractivity contribution in [2.75, 3.05) is 0 Å². The molecule has 0 bridgehead atoms. The monoisotopic (exact) mass is 213 g/mol. The largest absolute Gasteiger partial charge is 0.294 e. The van der Waals surface area contributed by atoms with Crippen LogP contribution in [0.1, 0.15) is 52.7 Å². The molecule has 0 aromatic heterocycles. The maximum Gasteiger partial charge on any atom is 0.163 e. The van der Waals surface area contributed by atoms with E-state index in [1.165, 1.54) is 42.4 Å². The molecule has 78 valence electrons. The van der Waals surface area contributed by atoms with Crippen LogP contribution in [0.5, 0.6) is 0 Å². The second-order valence-corrected chi connectivity index (χ2v) is 4.76. The van der Waals surface area contributed by atoms with Crippen molar-refractivity contribution >= 4 is 5.78 Å². The van der Waals surface area contributed by atoms with Gasteiger partial charge in [-0.1, -0.05) is 6.07 Å². The van der Waals surface area contributed by atoms with Crippen molar-refractivity contribution in [3.05, 3.63) is 34.4 Å². The van der Waals surface area contributed by atoms with Gasteiger partial charge in [-0.3, -0.25) is 4.79 Å². The highest BCUT2D eigenvalue weighted by Crippen LogP contribution is 2.29. The summed E-state index contributed by atoms with van der Waals surface area (Å²) in [6.07, 6.45) is 7.91. The second-order valence-electron chi connectivity index (χ2n) is 4.76. The van der Waals surface area contributed by atoms with Gasteiger partial charge in [0.15, 0.2) is 5.78 Å². The van der Waals surface area contributed by atoms with Crippen molar-refractivity contribution in [1.82, 2.24) is 0 Å². The van der Waals surface area contributed by atoms with Gasteiger partial charge in [-0.05, 0) is 61.3 Å². The predicted octanol–water partition coefficient (Wildman–Crippen LogP) is 3.08. The highest BCUT2D eigenvalue weighted by Gasteiger charge is 2.20. The molecule has 0 heterocycles. The van der Waals surface area contributed by atoms with Gasteiger partial charge in [0.05, 0.1) is 0 Å². The van der Waals surface area contributed by atoms with Crippen LogP contribution in [-0.2, 0) is 19.3 Å². The van der Waals surface area contributed by atoms with Gasteiger partial charge < -0.3 is 0 Å². The van der Waals surface area contributed by atoms with E-state index in [4.69, 9.17) is 0 Å². The van der Waals surface area contributed by atoms with E-state index in [0.29, 0.717) is 5.78 Å². The van der Waals surface area contributed by atoms with E-state index in [2.05, 4.69) is 12.1 Å². The summed E-state index contributed by atoms with van der Waals surface area (Å²) in [7, 11) is 0. The Kier molecular flexibility index (Phi) is 2.12. The van der Waals surface area contributed by atoms with Gasteiger partial charge in [-0.15, -0.1) is 0 Å². The Morgan fingerprint density at radius 2 is 1.40 bits per heavy atom. The summed E-state index contributed by atoms with van der Waals surface area (Å²) >= 11 is 0. The maximum absolute atomic E-state index is 11.8. The summed E-state index contributed by atoms with van der Waals surface area (Å²) < 4.78 is 0. The highest BCUT2D eigenvalue weighted by atomic mass is 16.2. The molecular formula is C14H16O. The van der Waals surface area contributed by atoms with Gasteiger partial charge >= 0.3 is 0 Å². The smallest absolute Gasteiger partial charge is 0.163 e. The summed E-state index contributed by atoms with van der Waals surface area (Å²) in [5.41, 5.74) is 5.29. The Hall–Kier alpha value is -1.11. The van der Waals surface area contributed by atoms with Gasteiger partial charge in [-0.2, -0.15) is 0 Å². The number of fused-ring (bicyclic) bond motifs is 2. The first kappa shape index (κ1) is 9.14. The Morgan fingerprint density at radius 1 is 0.733 bits per heavy atom. The van der Waals surface area contributed by atoms with Gasteiger partial charge in [-0.25, -0.2) is 0 Å². The Bertz CT molecular complexity index is 418. The summed E-state index contributed by atoms with van der Waals surface area (Å²) in [5.74, 6) is 0.365. The average molecular weight is 213 g/mol. The number of Topliss-reactive ketones (excluding diaryl/α,β-unsaturated/α-hetero) is 1. The van der Waals surface area contributed by atoms with E-state index in [1.54, 1.807) is 0 Å². The number of carbonyl (C=O) groups is 1. The molecule has 0 N–H and O–H groups in total. The summed E-state index contributed by atoms with van der Waals surface area (Å²) in [6.45, 7) is 0. The van der Waals surface area contributed by atoms with Crippen LogP contribution in [0.2, 0.25) is 0 Å². The van der Waals surface area contributed by atoms with Crippen LogP contribution in [0, 0.1) is 0 Å². The normalized spacial score (nSPS) is 19.6. The van der Waals surface area contributed by atoms with E-state index in [-0.39, 0.29) is 0 Å². The quantitative estimate of drug-likeness (QED) is 0.605. The van der Waals surface area contributed by atoms with E-state index in [1.807, 2.05) is 0 Å². The number of ketones is 1. The first-order valence-corrected chi connectivity index (χ1v) is 6.02. The molecule has 0 spiro atoms. The fourth-order valence-corrected chi connectivity index (χ4v) is 2.88. The lowest BCUT2D eigenvalue weighted by molar-refractivity contribution is 0.0972. The van der Waals surface area contributed by atoms with Crippen LogP contribution in [0.25, 0.3) is 0 Å². The number of carbonyl (C=O) groups excluding carboxylic acids is 1. The molecule has 1 nitrogen and oxygen atoms in total. The molecule has 0 atom stereocenters. The molecule has 15 heavy (non-hydrogen) atoms. The average Bonchev–Trinajstić information content (AvgIpc) is 2.27. The molecular weight excluding hydrogens is 197 g/mol. The fourth-order valence-electron chi connectivity index (χ4n) is 2.88. The molecule has 0 unspecified atom stereocenters. The standard InChI is InChI=1S/C14H16O/c15-14-7-3-6-12-8-10-4-1-2-5-11(10)9-13(12)14/h8-9H,1-7H2/i1+1,2+1,3+1,4+1,5+1,6+1,7+1,8+1,9+1,10+1,12+1,13+1,14+1. The van der Waals surface area contributed by atoms with Gasteiger partial charge in [0.2, 0.25) is 0 Å². The van der Waals surface area contributed by atoms with Gasteiger partial charge in [0.1, 0.15) is 0 Å². The van der Waals surface area contributed by atoms with Crippen LogP contribution >= 0.6 is 0 Å². The zero-order valence-electron chi connectivity index (χ0n) is 9.01. The predicted molar refractivity (Wildman–Crippen MR) is 60.4 cm³/mol. The number of hydrogen-bond acceptors (Lipinski definition) is 1. The molecule has 1 heteroatoms. The fraction of sp³-hybridized carbons (Fsp3) is 0.500. The maximum atomic E-state index is 11.8. The summed E-state index contributed by atoms with van der Waals surface area (Å²) in [4.78, 5) is 11.8. The summed E-state index contributed by atoms with van der Waals surface area (Å²) in [5, 5.41) is 0. The lowest BCUT2D eigenvalue weighted by Gasteiger charge is -2.21. The second kappa shape index (κ2) is 3.48. The number of rotatable bonds is 0. The van der Waals surface area contributed by atoms with Crippen molar-refractivity contribution in [3.8, 4) is 0 Å². The SMILES string of the molecule is O=[13C]1[13CH2][13CH2][13CH2][13c]2[13cH][13c]3c([13cH][13c]21)[13CH2][13CH2][13CH2][13CH2]3. The van der Waals surface area contributed by atoms with Crippen LogP contribution in [0.15, 0.2) is 12.1 Å². The van der Waals surface area contributed by atoms with Crippen LogP contribution < -0.4 is 0 Å². The number of aryl methyl sites for hydroxylation is 3. The third-order valence-electron chi connectivity index (χ3n) is 3.72. The molecule has 3 rings (SSSR count). The first-order chi connectivity index (χ1) is 7.34. The van der Waals surface area contributed by atoms with E-state index < -0.39 is 0 Å². The van der Waals surface area contributed by atoms with E-state index in [0.717, 1.165) is 24.8 Å². The zero-order valence-corrected chi connectivity index (χ0v) is 9.01. The van der Waals surface area contributed by atoms with Crippen molar-refractivity contribution in [1.29, 1.82) is 0 Å². The van der Waals surface area contributed by atoms with E-state index in [9.17, 15) is 4.79 Å². The van der Waals surface area contributed by atoms with Gasteiger partial charge in [0, 0.05) is 12.0 Å². The minimum Gasteiger partial charge on any atom is -0.294 e. The molecule has 0 saturated carbocycles.